The van der Waals surface area contributed by atoms with Crippen LogP contribution in [0.2, 0.25) is 0 Å². The summed E-state index contributed by atoms with van der Waals surface area (Å²) in [5.41, 5.74) is 8.33. The number of benzene rings is 1. The number of pyridine rings is 1. The van der Waals surface area contributed by atoms with Crippen LogP contribution < -0.4 is 10.5 Å². The van der Waals surface area contributed by atoms with Gasteiger partial charge in [-0.2, -0.15) is 0 Å². The van der Waals surface area contributed by atoms with Crippen LogP contribution in [0.3, 0.4) is 0 Å². The number of likely N-dealkylation sites (tertiary alicyclic amines) is 1. The number of aryl methyl sites for hydroxylation is 1. The Labute approximate surface area is 142 Å². The van der Waals surface area contributed by atoms with Gasteiger partial charge >= 0.3 is 0 Å². The Hall–Kier alpha value is -2.40. The van der Waals surface area contributed by atoms with Crippen LogP contribution in [0.25, 0.3) is 0 Å². The third-order valence-corrected chi connectivity index (χ3v) is 4.37. The summed E-state index contributed by atoms with van der Waals surface area (Å²) in [5, 5.41) is 0. The van der Waals surface area contributed by atoms with E-state index in [1.165, 1.54) is 0 Å². The maximum Gasteiger partial charge on any atom is 0.253 e. The van der Waals surface area contributed by atoms with E-state index in [0.29, 0.717) is 24.6 Å². The molecule has 1 aliphatic heterocycles. The van der Waals surface area contributed by atoms with Gasteiger partial charge in [-0.15, -0.1) is 0 Å². The predicted octanol–water partition coefficient (Wildman–Crippen LogP) is 2.39. The Morgan fingerprint density at radius 1 is 1.38 bits per heavy atom. The molecular formula is C19H23N3O2. The highest BCUT2D eigenvalue weighted by Crippen LogP contribution is 2.19. The summed E-state index contributed by atoms with van der Waals surface area (Å²) in [4.78, 5) is 18.7. The van der Waals surface area contributed by atoms with E-state index in [1.807, 2.05) is 48.2 Å². The summed E-state index contributed by atoms with van der Waals surface area (Å²) in [7, 11) is 0. The van der Waals surface area contributed by atoms with Crippen LogP contribution in [0.5, 0.6) is 5.75 Å². The van der Waals surface area contributed by atoms with E-state index in [2.05, 4.69) is 4.98 Å². The standard InChI is InChI=1S/C19H23N3O2/c1-14-5-6-18(11-21-14)24-13-15-3-2-4-17(9-15)19(23)22-8-7-16(10-20)12-22/h2-6,9,11,16H,7-8,10,12-13,20H2,1H3. The van der Waals surface area contributed by atoms with Crippen LogP contribution in [0, 0.1) is 12.8 Å². The van der Waals surface area contributed by atoms with Gasteiger partial charge in [-0.25, -0.2) is 0 Å². The molecule has 1 fully saturated rings. The lowest BCUT2D eigenvalue weighted by molar-refractivity contribution is 0.0787. The highest BCUT2D eigenvalue weighted by Gasteiger charge is 2.25. The summed E-state index contributed by atoms with van der Waals surface area (Å²) >= 11 is 0. The number of aromatic nitrogens is 1. The molecule has 126 valence electrons. The molecule has 1 aromatic carbocycles. The van der Waals surface area contributed by atoms with E-state index in [-0.39, 0.29) is 5.91 Å². The number of ether oxygens (including phenoxy) is 1. The lowest BCUT2D eigenvalue weighted by atomic mass is 10.1. The average molecular weight is 325 g/mol. The number of hydrogen-bond donors (Lipinski definition) is 1. The molecular weight excluding hydrogens is 302 g/mol. The van der Waals surface area contributed by atoms with Gasteiger partial charge in [0.15, 0.2) is 0 Å². The van der Waals surface area contributed by atoms with Crippen molar-refractivity contribution in [2.75, 3.05) is 19.6 Å². The van der Waals surface area contributed by atoms with Crippen molar-refractivity contribution in [2.24, 2.45) is 11.7 Å². The molecule has 3 rings (SSSR count). The second-order valence-corrected chi connectivity index (χ2v) is 6.27. The van der Waals surface area contributed by atoms with Gasteiger partial charge in [0.2, 0.25) is 0 Å². The first-order valence-corrected chi connectivity index (χ1v) is 8.29. The summed E-state index contributed by atoms with van der Waals surface area (Å²) in [6.45, 7) is 4.54. The van der Waals surface area contributed by atoms with Crippen molar-refractivity contribution in [3.8, 4) is 5.75 Å². The van der Waals surface area contributed by atoms with Gasteiger partial charge in [0.1, 0.15) is 12.4 Å². The van der Waals surface area contributed by atoms with E-state index in [4.69, 9.17) is 10.5 Å². The molecule has 24 heavy (non-hydrogen) atoms. The smallest absolute Gasteiger partial charge is 0.253 e. The number of amides is 1. The van der Waals surface area contributed by atoms with Gasteiger partial charge in [0.05, 0.1) is 6.20 Å². The fraction of sp³-hybridized carbons (Fsp3) is 0.368. The minimum atomic E-state index is 0.0739. The van der Waals surface area contributed by atoms with E-state index in [1.54, 1.807) is 6.20 Å². The Morgan fingerprint density at radius 2 is 2.25 bits per heavy atom. The first-order chi connectivity index (χ1) is 11.7. The fourth-order valence-electron chi connectivity index (χ4n) is 2.89. The van der Waals surface area contributed by atoms with Gasteiger partial charge in [0.25, 0.3) is 5.91 Å². The van der Waals surface area contributed by atoms with Crippen molar-refractivity contribution in [3.63, 3.8) is 0 Å². The molecule has 2 heterocycles. The van der Waals surface area contributed by atoms with Crippen molar-refractivity contribution in [1.29, 1.82) is 0 Å². The number of rotatable bonds is 5. The highest BCUT2D eigenvalue weighted by atomic mass is 16.5. The van der Waals surface area contributed by atoms with Crippen molar-refractivity contribution in [2.45, 2.75) is 20.0 Å². The molecule has 2 N–H and O–H groups in total. The second kappa shape index (κ2) is 7.45. The molecule has 0 aliphatic carbocycles. The molecule has 0 spiro atoms. The van der Waals surface area contributed by atoms with Crippen LogP contribution in [0.4, 0.5) is 0 Å². The number of nitrogens with two attached hydrogens (primary N) is 1. The minimum Gasteiger partial charge on any atom is -0.487 e. The van der Waals surface area contributed by atoms with Crippen molar-refractivity contribution in [1.82, 2.24) is 9.88 Å². The molecule has 0 radical (unpaired) electrons. The third kappa shape index (κ3) is 3.92. The molecule has 1 aromatic heterocycles. The molecule has 0 saturated carbocycles. The zero-order valence-electron chi connectivity index (χ0n) is 13.9. The molecule has 1 aliphatic rings. The van der Waals surface area contributed by atoms with Gasteiger partial charge in [-0.1, -0.05) is 12.1 Å². The topological polar surface area (TPSA) is 68.5 Å². The molecule has 1 saturated heterocycles. The van der Waals surface area contributed by atoms with Crippen molar-refractivity contribution in [3.05, 3.63) is 59.4 Å². The Morgan fingerprint density at radius 3 is 2.96 bits per heavy atom. The zero-order valence-corrected chi connectivity index (χ0v) is 13.9. The third-order valence-electron chi connectivity index (χ3n) is 4.37. The first-order valence-electron chi connectivity index (χ1n) is 8.29. The van der Waals surface area contributed by atoms with Crippen molar-refractivity contribution < 1.29 is 9.53 Å². The van der Waals surface area contributed by atoms with Crippen LogP contribution in [0.1, 0.15) is 28.0 Å². The Bertz CT molecular complexity index is 700. The van der Waals surface area contributed by atoms with E-state index < -0.39 is 0 Å². The Kier molecular flexibility index (Phi) is 5.11. The lowest BCUT2D eigenvalue weighted by Crippen LogP contribution is -2.29. The molecule has 5 heteroatoms. The molecule has 1 atom stereocenters. The van der Waals surface area contributed by atoms with Gasteiger partial charge < -0.3 is 15.4 Å². The quantitative estimate of drug-likeness (QED) is 0.916. The van der Waals surface area contributed by atoms with Crippen LogP contribution in [0.15, 0.2) is 42.6 Å². The number of hydrogen-bond acceptors (Lipinski definition) is 4. The number of nitrogens with zero attached hydrogens (tertiary/aromatic N) is 2. The van der Waals surface area contributed by atoms with E-state index in [0.717, 1.165) is 36.5 Å². The minimum absolute atomic E-state index is 0.0739. The van der Waals surface area contributed by atoms with Gasteiger partial charge in [0, 0.05) is 24.3 Å². The monoisotopic (exact) mass is 325 g/mol. The molecule has 0 bridgehead atoms. The zero-order chi connectivity index (χ0) is 16.9. The summed E-state index contributed by atoms with van der Waals surface area (Å²) < 4.78 is 5.74. The maximum absolute atomic E-state index is 12.6. The summed E-state index contributed by atoms with van der Waals surface area (Å²) in [5.74, 6) is 1.22. The van der Waals surface area contributed by atoms with Crippen LogP contribution in [-0.2, 0) is 6.61 Å². The van der Waals surface area contributed by atoms with Gasteiger partial charge in [-0.3, -0.25) is 9.78 Å². The first kappa shape index (κ1) is 16.5. The number of carbonyl (C=O) groups is 1. The second-order valence-electron chi connectivity index (χ2n) is 6.27. The molecule has 1 amide bonds. The number of carbonyl (C=O) groups excluding carboxylic acids is 1. The summed E-state index contributed by atoms with van der Waals surface area (Å²) in [6, 6.07) is 11.4. The van der Waals surface area contributed by atoms with E-state index >= 15 is 0 Å². The maximum atomic E-state index is 12.6. The lowest BCUT2D eigenvalue weighted by Gasteiger charge is -2.17. The van der Waals surface area contributed by atoms with Gasteiger partial charge in [-0.05, 0) is 55.6 Å². The Balaban J connectivity index is 1.63. The molecule has 1 unspecified atom stereocenters. The fourth-order valence-corrected chi connectivity index (χ4v) is 2.89. The highest BCUT2D eigenvalue weighted by molar-refractivity contribution is 5.94. The molecule has 2 aromatic rings. The van der Waals surface area contributed by atoms with E-state index in [9.17, 15) is 4.79 Å². The van der Waals surface area contributed by atoms with Crippen LogP contribution >= 0.6 is 0 Å². The van der Waals surface area contributed by atoms with Crippen molar-refractivity contribution >= 4 is 5.91 Å². The summed E-state index contributed by atoms with van der Waals surface area (Å²) in [6.07, 6.45) is 2.70. The predicted molar refractivity (Wildman–Crippen MR) is 92.8 cm³/mol. The normalized spacial score (nSPS) is 17.1. The SMILES string of the molecule is Cc1ccc(OCc2cccc(C(=O)N3CCC(CN)C3)c2)cn1. The largest absolute Gasteiger partial charge is 0.487 e. The average Bonchev–Trinajstić information content (AvgIpc) is 3.10. The molecule has 5 nitrogen and oxygen atoms in total. The van der Waals surface area contributed by atoms with Crippen LogP contribution in [-0.4, -0.2) is 35.4 Å².